The third kappa shape index (κ3) is 3.48. The van der Waals surface area contributed by atoms with E-state index in [4.69, 9.17) is 0 Å². The highest BCUT2D eigenvalue weighted by Gasteiger charge is 2.19. The van der Waals surface area contributed by atoms with Gasteiger partial charge in [0.05, 0.1) is 4.92 Å². The Kier molecular flexibility index (Phi) is 4.95. The fourth-order valence-electron chi connectivity index (χ4n) is 2.92. The molecule has 1 aromatic rings. The van der Waals surface area contributed by atoms with Gasteiger partial charge in [-0.15, -0.1) is 0 Å². The van der Waals surface area contributed by atoms with E-state index in [-0.39, 0.29) is 10.6 Å². The minimum Gasteiger partial charge on any atom is -0.378 e. The Morgan fingerprint density at radius 1 is 1.40 bits per heavy atom. The number of anilines is 1. The summed E-state index contributed by atoms with van der Waals surface area (Å²) in [5, 5.41) is 14.3. The summed E-state index contributed by atoms with van der Waals surface area (Å²) >= 11 is 0. The second kappa shape index (κ2) is 6.70. The quantitative estimate of drug-likeness (QED) is 0.641. The fraction of sp³-hybridized carbons (Fsp3) is 0.600. The monoisotopic (exact) mass is 277 g/mol. The number of nitrogens with zero attached hydrogens (tertiary/aromatic N) is 2. The molecular formula is C15H23N3O2. The summed E-state index contributed by atoms with van der Waals surface area (Å²) in [6.45, 7) is 3.55. The second-order valence-corrected chi connectivity index (χ2v) is 5.57. The zero-order valence-corrected chi connectivity index (χ0v) is 12.3. The third-order valence-corrected chi connectivity index (χ3v) is 4.16. The van der Waals surface area contributed by atoms with Crippen LogP contribution in [-0.2, 0) is 0 Å². The highest BCUT2D eigenvalue weighted by molar-refractivity contribution is 5.65. The van der Waals surface area contributed by atoms with Gasteiger partial charge in [0.15, 0.2) is 0 Å². The van der Waals surface area contributed by atoms with Crippen molar-refractivity contribution < 1.29 is 4.92 Å². The lowest BCUT2D eigenvalue weighted by Gasteiger charge is -2.24. The third-order valence-electron chi connectivity index (χ3n) is 4.16. The van der Waals surface area contributed by atoms with Gasteiger partial charge in [-0.2, -0.15) is 0 Å². The van der Waals surface area contributed by atoms with Crippen LogP contribution in [-0.4, -0.2) is 36.0 Å². The maximum atomic E-state index is 11.0. The van der Waals surface area contributed by atoms with Crippen LogP contribution in [0.2, 0.25) is 0 Å². The van der Waals surface area contributed by atoms with E-state index < -0.39 is 0 Å². The molecular weight excluding hydrogens is 254 g/mol. The molecule has 1 saturated carbocycles. The number of nitrogens with one attached hydrogen (secondary N) is 1. The zero-order valence-electron chi connectivity index (χ0n) is 12.3. The predicted molar refractivity (Wildman–Crippen MR) is 81.2 cm³/mol. The van der Waals surface area contributed by atoms with Crippen LogP contribution in [0.5, 0.6) is 0 Å². The minimum atomic E-state index is -0.323. The molecule has 0 saturated heterocycles. The SMILES string of the molecule is Cc1cccc([N+](=O)[O-])c1NCCN(C)C1CCCC1. The number of rotatable bonds is 6. The summed E-state index contributed by atoms with van der Waals surface area (Å²) in [4.78, 5) is 13.1. The van der Waals surface area contributed by atoms with Crippen molar-refractivity contribution in [3.8, 4) is 0 Å². The van der Waals surface area contributed by atoms with E-state index in [1.165, 1.54) is 25.7 Å². The highest BCUT2D eigenvalue weighted by atomic mass is 16.6. The first-order valence-corrected chi connectivity index (χ1v) is 7.27. The molecule has 0 atom stereocenters. The molecule has 1 aliphatic rings. The molecule has 2 rings (SSSR count). The molecule has 0 heterocycles. The molecule has 0 radical (unpaired) electrons. The lowest BCUT2D eigenvalue weighted by molar-refractivity contribution is -0.384. The molecule has 110 valence electrons. The van der Waals surface area contributed by atoms with Gasteiger partial charge in [-0.3, -0.25) is 10.1 Å². The molecule has 0 spiro atoms. The van der Waals surface area contributed by atoms with Crippen molar-refractivity contribution in [2.75, 3.05) is 25.5 Å². The van der Waals surface area contributed by atoms with Crippen molar-refractivity contribution in [1.29, 1.82) is 0 Å². The van der Waals surface area contributed by atoms with Crippen LogP contribution in [0, 0.1) is 17.0 Å². The molecule has 1 aromatic carbocycles. The van der Waals surface area contributed by atoms with E-state index in [0.29, 0.717) is 11.7 Å². The van der Waals surface area contributed by atoms with Crippen LogP contribution in [0.25, 0.3) is 0 Å². The Morgan fingerprint density at radius 3 is 2.75 bits per heavy atom. The molecule has 0 aromatic heterocycles. The molecule has 5 heteroatoms. The topological polar surface area (TPSA) is 58.4 Å². The van der Waals surface area contributed by atoms with E-state index >= 15 is 0 Å². The van der Waals surface area contributed by atoms with Gasteiger partial charge in [0.25, 0.3) is 5.69 Å². The summed E-state index contributed by atoms with van der Waals surface area (Å²) in [6.07, 6.45) is 5.21. The smallest absolute Gasteiger partial charge is 0.292 e. The van der Waals surface area contributed by atoms with Gasteiger partial charge in [-0.25, -0.2) is 0 Å². The molecule has 0 amide bonds. The number of hydrogen-bond acceptors (Lipinski definition) is 4. The van der Waals surface area contributed by atoms with Crippen molar-refractivity contribution in [1.82, 2.24) is 4.90 Å². The number of nitro benzene ring substituents is 1. The summed E-state index contributed by atoms with van der Waals surface area (Å²) in [6, 6.07) is 5.86. The lowest BCUT2D eigenvalue weighted by atomic mass is 10.1. The normalized spacial score (nSPS) is 15.8. The largest absolute Gasteiger partial charge is 0.378 e. The average molecular weight is 277 g/mol. The molecule has 0 unspecified atom stereocenters. The maximum absolute atomic E-state index is 11.0. The second-order valence-electron chi connectivity index (χ2n) is 5.57. The number of likely N-dealkylation sites (N-methyl/N-ethyl adjacent to an activating group) is 1. The van der Waals surface area contributed by atoms with Crippen LogP contribution in [0.3, 0.4) is 0 Å². The molecule has 1 fully saturated rings. The van der Waals surface area contributed by atoms with Crippen molar-refractivity contribution >= 4 is 11.4 Å². The van der Waals surface area contributed by atoms with Gasteiger partial charge in [0.2, 0.25) is 0 Å². The van der Waals surface area contributed by atoms with Crippen LogP contribution in [0.15, 0.2) is 18.2 Å². The van der Waals surface area contributed by atoms with Crippen molar-refractivity contribution in [3.05, 3.63) is 33.9 Å². The molecule has 1 aliphatic carbocycles. The minimum absolute atomic E-state index is 0.161. The fourth-order valence-corrected chi connectivity index (χ4v) is 2.92. The van der Waals surface area contributed by atoms with Crippen LogP contribution >= 0.6 is 0 Å². The number of nitro groups is 1. The van der Waals surface area contributed by atoms with Crippen LogP contribution in [0.1, 0.15) is 31.2 Å². The van der Waals surface area contributed by atoms with Gasteiger partial charge in [0, 0.05) is 25.2 Å². The van der Waals surface area contributed by atoms with Crippen molar-refractivity contribution in [2.24, 2.45) is 0 Å². The van der Waals surface area contributed by atoms with Crippen LogP contribution in [0.4, 0.5) is 11.4 Å². The van der Waals surface area contributed by atoms with E-state index in [1.807, 2.05) is 13.0 Å². The Bertz CT molecular complexity index is 470. The first-order valence-electron chi connectivity index (χ1n) is 7.27. The zero-order chi connectivity index (χ0) is 14.5. The Labute approximate surface area is 120 Å². The number of aryl methyl sites for hydroxylation is 1. The van der Waals surface area contributed by atoms with Crippen molar-refractivity contribution in [2.45, 2.75) is 38.6 Å². The molecule has 5 nitrogen and oxygen atoms in total. The van der Waals surface area contributed by atoms with Crippen molar-refractivity contribution in [3.63, 3.8) is 0 Å². The Morgan fingerprint density at radius 2 is 2.10 bits per heavy atom. The predicted octanol–water partition coefficient (Wildman–Crippen LogP) is 3.19. The Balaban J connectivity index is 1.92. The summed E-state index contributed by atoms with van der Waals surface area (Å²) in [5.74, 6) is 0. The highest BCUT2D eigenvalue weighted by Crippen LogP contribution is 2.27. The number of para-hydroxylation sites is 1. The summed E-state index contributed by atoms with van der Waals surface area (Å²) in [5.41, 5.74) is 1.73. The molecule has 0 bridgehead atoms. The van der Waals surface area contributed by atoms with Crippen LogP contribution < -0.4 is 5.32 Å². The first kappa shape index (κ1) is 14.8. The maximum Gasteiger partial charge on any atom is 0.292 e. The van der Waals surface area contributed by atoms with Gasteiger partial charge in [-0.1, -0.05) is 25.0 Å². The average Bonchev–Trinajstić information content (AvgIpc) is 2.94. The van der Waals surface area contributed by atoms with E-state index in [9.17, 15) is 10.1 Å². The van der Waals surface area contributed by atoms with E-state index in [1.54, 1.807) is 12.1 Å². The molecule has 0 aliphatic heterocycles. The molecule has 1 N–H and O–H groups in total. The van der Waals surface area contributed by atoms with Gasteiger partial charge >= 0.3 is 0 Å². The number of benzene rings is 1. The van der Waals surface area contributed by atoms with Gasteiger partial charge < -0.3 is 10.2 Å². The van der Waals surface area contributed by atoms with Gasteiger partial charge in [0.1, 0.15) is 5.69 Å². The molecule has 20 heavy (non-hydrogen) atoms. The Hall–Kier alpha value is -1.62. The summed E-state index contributed by atoms with van der Waals surface area (Å²) in [7, 11) is 2.14. The first-order chi connectivity index (χ1) is 9.59. The lowest BCUT2D eigenvalue weighted by Crippen LogP contribution is -2.33. The standard InChI is InChI=1S/C15H23N3O2/c1-12-6-5-9-14(18(19)20)15(12)16-10-11-17(2)13-7-3-4-8-13/h5-6,9,13,16H,3-4,7-8,10-11H2,1-2H3. The van der Waals surface area contributed by atoms with Gasteiger partial charge in [-0.05, 0) is 32.4 Å². The summed E-state index contributed by atoms with van der Waals surface area (Å²) < 4.78 is 0. The van der Waals surface area contributed by atoms with E-state index in [0.717, 1.165) is 18.7 Å². The van der Waals surface area contributed by atoms with E-state index in [2.05, 4.69) is 17.3 Å². The number of hydrogen-bond donors (Lipinski definition) is 1.